The summed E-state index contributed by atoms with van der Waals surface area (Å²) in [5.41, 5.74) is 1.14. The number of methoxy groups -OCH3 is 1. The average Bonchev–Trinajstić information content (AvgIpc) is 2.74. The van der Waals surface area contributed by atoms with Gasteiger partial charge in [0.1, 0.15) is 24.1 Å². The Morgan fingerprint density at radius 1 is 1.25 bits per heavy atom. The summed E-state index contributed by atoms with van der Waals surface area (Å²) in [6.45, 7) is 0.0500. The van der Waals surface area contributed by atoms with Crippen LogP contribution in [0.5, 0.6) is 11.5 Å². The van der Waals surface area contributed by atoms with Gasteiger partial charge in [-0.15, -0.1) is 0 Å². The second-order valence-corrected chi connectivity index (χ2v) is 5.18. The number of urea groups is 1. The fourth-order valence-electron chi connectivity index (χ4n) is 2.30. The molecule has 0 aliphatic carbocycles. The quantitative estimate of drug-likeness (QED) is 0.806. The van der Waals surface area contributed by atoms with E-state index in [0.29, 0.717) is 22.9 Å². The maximum absolute atomic E-state index is 12.2. The lowest BCUT2D eigenvalue weighted by molar-refractivity contribution is -0.118. The van der Waals surface area contributed by atoms with Crippen molar-refractivity contribution in [1.29, 1.82) is 0 Å². The van der Waals surface area contributed by atoms with Gasteiger partial charge in [-0.05, 0) is 24.3 Å². The van der Waals surface area contributed by atoms with Gasteiger partial charge in [0.05, 0.1) is 12.8 Å². The number of para-hydroxylation sites is 2. The summed E-state index contributed by atoms with van der Waals surface area (Å²) >= 11 is 0. The molecule has 7 heteroatoms. The summed E-state index contributed by atoms with van der Waals surface area (Å²) in [5, 5.41) is 8.00. The van der Waals surface area contributed by atoms with Crippen molar-refractivity contribution >= 4 is 23.3 Å². The van der Waals surface area contributed by atoms with Gasteiger partial charge in [0, 0.05) is 11.8 Å². The van der Waals surface area contributed by atoms with E-state index in [1.807, 2.05) is 6.07 Å². The van der Waals surface area contributed by atoms with Crippen LogP contribution in [0.3, 0.4) is 0 Å². The molecule has 7 nitrogen and oxygen atoms in total. The smallest absolute Gasteiger partial charge is 0.320 e. The first kappa shape index (κ1) is 15.7. The number of carbonyl (C=O) groups is 2. The Hall–Kier alpha value is -3.22. The van der Waals surface area contributed by atoms with E-state index in [9.17, 15) is 9.59 Å². The number of hydrogen-bond acceptors (Lipinski definition) is 4. The van der Waals surface area contributed by atoms with E-state index >= 15 is 0 Å². The SMILES string of the molecule is COc1cccc(NC(=O)N[C@@H]2COc3ccccc3NC2=O)c1. The van der Waals surface area contributed by atoms with Crippen LogP contribution in [0.15, 0.2) is 48.5 Å². The van der Waals surface area contributed by atoms with Crippen LogP contribution in [0.1, 0.15) is 0 Å². The van der Waals surface area contributed by atoms with Gasteiger partial charge >= 0.3 is 6.03 Å². The summed E-state index contributed by atoms with van der Waals surface area (Å²) in [6.07, 6.45) is 0. The third-order valence-corrected chi connectivity index (χ3v) is 3.50. The number of carbonyl (C=O) groups excluding carboxylic acids is 2. The number of fused-ring (bicyclic) bond motifs is 1. The highest BCUT2D eigenvalue weighted by molar-refractivity contribution is 6.00. The predicted molar refractivity (Wildman–Crippen MR) is 89.5 cm³/mol. The summed E-state index contributed by atoms with van der Waals surface area (Å²) < 4.78 is 10.7. The molecule has 1 heterocycles. The molecule has 24 heavy (non-hydrogen) atoms. The van der Waals surface area contributed by atoms with Gasteiger partial charge in [0.15, 0.2) is 0 Å². The summed E-state index contributed by atoms with van der Waals surface area (Å²) in [4.78, 5) is 24.3. The molecule has 0 saturated carbocycles. The van der Waals surface area contributed by atoms with Crippen molar-refractivity contribution in [2.45, 2.75) is 6.04 Å². The molecular formula is C17H17N3O4. The Labute approximate surface area is 139 Å². The van der Waals surface area contributed by atoms with Gasteiger partial charge in [0.25, 0.3) is 5.91 Å². The fraction of sp³-hybridized carbons (Fsp3) is 0.176. The highest BCUT2D eigenvalue weighted by Crippen LogP contribution is 2.26. The molecule has 2 aromatic carbocycles. The number of anilines is 2. The molecule has 0 aromatic heterocycles. The molecule has 0 fully saturated rings. The van der Waals surface area contributed by atoms with Crippen molar-refractivity contribution in [3.63, 3.8) is 0 Å². The first-order chi connectivity index (χ1) is 11.7. The molecule has 3 N–H and O–H groups in total. The maximum Gasteiger partial charge on any atom is 0.320 e. The number of ether oxygens (including phenoxy) is 2. The van der Waals surface area contributed by atoms with Crippen LogP contribution in [0, 0.1) is 0 Å². The number of hydrogen-bond donors (Lipinski definition) is 3. The molecule has 1 aliphatic rings. The summed E-state index contributed by atoms with van der Waals surface area (Å²) in [5.74, 6) is 0.864. The molecular weight excluding hydrogens is 310 g/mol. The van der Waals surface area contributed by atoms with Gasteiger partial charge in [-0.2, -0.15) is 0 Å². The minimum atomic E-state index is -0.803. The van der Waals surface area contributed by atoms with Crippen LogP contribution in [0.25, 0.3) is 0 Å². The van der Waals surface area contributed by atoms with Crippen LogP contribution in [-0.4, -0.2) is 31.7 Å². The zero-order chi connectivity index (χ0) is 16.9. The monoisotopic (exact) mass is 327 g/mol. The Morgan fingerprint density at radius 3 is 2.92 bits per heavy atom. The Balaban J connectivity index is 1.63. The maximum atomic E-state index is 12.2. The van der Waals surface area contributed by atoms with Crippen LogP contribution in [0.2, 0.25) is 0 Å². The third-order valence-electron chi connectivity index (χ3n) is 3.50. The highest BCUT2D eigenvalue weighted by Gasteiger charge is 2.26. The zero-order valence-corrected chi connectivity index (χ0v) is 13.0. The molecule has 2 aromatic rings. The van der Waals surface area contributed by atoms with E-state index in [2.05, 4.69) is 16.0 Å². The van der Waals surface area contributed by atoms with Gasteiger partial charge in [-0.1, -0.05) is 18.2 Å². The van der Waals surface area contributed by atoms with Crippen LogP contribution >= 0.6 is 0 Å². The molecule has 124 valence electrons. The van der Waals surface area contributed by atoms with Crippen molar-refractivity contribution in [2.24, 2.45) is 0 Å². The lowest BCUT2D eigenvalue weighted by Crippen LogP contribution is -2.47. The van der Waals surface area contributed by atoms with Crippen molar-refractivity contribution in [3.8, 4) is 11.5 Å². The summed E-state index contributed by atoms with van der Waals surface area (Å²) in [7, 11) is 1.55. The van der Waals surface area contributed by atoms with Crippen LogP contribution in [-0.2, 0) is 4.79 Å². The fourth-order valence-corrected chi connectivity index (χ4v) is 2.30. The van der Waals surface area contributed by atoms with Crippen molar-refractivity contribution in [3.05, 3.63) is 48.5 Å². The van der Waals surface area contributed by atoms with E-state index in [0.717, 1.165) is 0 Å². The van der Waals surface area contributed by atoms with Crippen molar-refractivity contribution in [1.82, 2.24) is 5.32 Å². The highest BCUT2D eigenvalue weighted by atomic mass is 16.5. The van der Waals surface area contributed by atoms with E-state index in [-0.39, 0.29) is 12.5 Å². The largest absolute Gasteiger partial charge is 0.497 e. The molecule has 3 rings (SSSR count). The standard InChI is InChI=1S/C17H17N3O4/c1-23-12-6-4-5-11(9-12)18-17(22)20-14-10-24-15-8-3-2-7-13(15)19-16(14)21/h2-9,14H,10H2,1H3,(H,19,21)(H2,18,20,22)/t14-/m1/s1. The second-order valence-electron chi connectivity index (χ2n) is 5.18. The van der Waals surface area contributed by atoms with Crippen molar-refractivity contribution < 1.29 is 19.1 Å². The minimum Gasteiger partial charge on any atom is -0.497 e. The molecule has 0 spiro atoms. The molecule has 1 atom stereocenters. The number of amides is 3. The predicted octanol–water partition coefficient (Wildman–Crippen LogP) is 2.22. The normalized spacial score (nSPS) is 16.0. The van der Waals surface area contributed by atoms with Gasteiger partial charge in [-0.3, -0.25) is 4.79 Å². The number of benzene rings is 2. The number of nitrogens with one attached hydrogen (secondary N) is 3. The van der Waals surface area contributed by atoms with E-state index in [1.54, 1.807) is 49.6 Å². The molecule has 0 radical (unpaired) electrons. The Bertz CT molecular complexity index is 763. The average molecular weight is 327 g/mol. The molecule has 0 bridgehead atoms. The molecule has 0 unspecified atom stereocenters. The Kier molecular flexibility index (Phi) is 4.51. The topological polar surface area (TPSA) is 88.7 Å². The van der Waals surface area contributed by atoms with Gasteiger partial charge in [0.2, 0.25) is 0 Å². The first-order valence-corrected chi connectivity index (χ1v) is 7.40. The van der Waals surface area contributed by atoms with E-state index < -0.39 is 12.1 Å². The molecule has 0 saturated heterocycles. The first-order valence-electron chi connectivity index (χ1n) is 7.40. The molecule has 1 aliphatic heterocycles. The van der Waals surface area contributed by atoms with Crippen LogP contribution in [0.4, 0.5) is 16.2 Å². The van der Waals surface area contributed by atoms with Gasteiger partial charge < -0.3 is 25.4 Å². The minimum absolute atomic E-state index is 0.0500. The van der Waals surface area contributed by atoms with E-state index in [4.69, 9.17) is 9.47 Å². The lowest BCUT2D eigenvalue weighted by Gasteiger charge is -2.15. The number of rotatable bonds is 3. The second kappa shape index (κ2) is 6.91. The summed E-state index contributed by atoms with van der Waals surface area (Å²) in [6, 6.07) is 12.7. The lowest BCUT2D eigenvalue weighted by atomic mass is 10.2. The molecule has 3 amide bonds. The van der Waals surface area contributed by atoms with Gasteiger partial charge in [-0.25, -0.2) is 4.79 Å². The van der Waals surface area contributed by atoms with Crippen LogP contribution < -0.4 is 25.4 Å². The van der Waals surface area contributed by atoms with Crippen molar-refractivity contribution in [2.75, 3.05) is 24.4 Å². The van der Waals surface area contributed by atoms with E-state index in [1.165, 1.54) is 0 Å². The Morgan fingerprint density at radius 2 is 2.08 bits per heavy atom. The zero-order valence-electron chi connectivity index (χ0n) is 13.0. The third kappa shape index (κ3) is 3.57.